The minimum Gasteiger partial charge on any atom is -0.383 e. The first-order chi connectivity index (χ1) is 6.82. The van der Waals surface area contributed by atoms with Gasteiger partial charge in [-0.05, 0) is 18.8 Å². The molecule has 0 saturated carbocycles. The van der Waals surface area contributed by atoms with Gasteiger partial charge in [0.15, 0.2) is 6.10 Å². The highest BCUT2D eigenvalue weighted by molar-refractivity contribution is 5.73. The van der Waals surface area contributed by atoms with Crippen LogP contribution in [0.4, 0.5) is 13.2 Å². The van der Waals surface area contributed by atoms with Gasteiger partial charge in [-0.3, -0.25) is 4.79 Å². The van der Waals surface area contributed by atoms with E-state index in [0.717, 1.165) is 0 Å². The molecule has 3 nitrogen and oxygen atoms in total. The number of likely N-dealkylation sites (tertiary alicyclic amines) is 1. The first-order valence-electron chi connectivity index (χ1n) is 4.82. The average molecular weight is 225 g/mol. The molecule has 15 heavy (non-hydrogen) atoms. The van der Waals surface area contributed by atoms with E-state index in [2.05, 4.69) is 0 Å². The van der Waals surface area contributed by atoms with E-state index in [4.69, 9.17) is 5.11 Å². The maximum absolute atomic E-state index is 12.2. The Labute approximate surface area is 85.9 Å². The van der Waals surface area contributed by atoms with E-state index in [9.17, 15) is 18.0 Å². The van der Waals surface area contributed by atoms with E-state index in [-0.39, 0.29) is 18.7 Å². The first kappa shape index (κ1) is 12.3. The lowest BCUT2D eigenvalue weighted by Gasteiger charge is -2.34. The molecular weight excluding hydrogens is 211 g/mol. The second kappa shape index (κ2) is 4.38. The number of aliphatic hydroxyl groups excluding tert-OH is 1. The van der Waals surface area contributed by atoms with Gasteiger partial charge in [-0.1, -0.05) is 0 Å². The molecule has 1 heterocycles. The van der Waals surface area contributed by atoms with Crippen molar-refractivity contribution < 1.29 is 23.1 Å². The topological polar surface area (TPSA) is 40.5 Å². The molecule has 88 valence electrons. The van der Waals surface area contributed by atoms with Crippen LogP contribution in [0.5, 0.6) is 0 Å². The summed E-state index contributed by atoms with van der Waals surface area (Å²) in [6.45, 7) is 1.99. The number of rotatable bonds is 1. The van der Waals surface area contributed by atoms with Crippen LogP contribution in [0.2, 0.25) is 0 Å². The van der Waals surface area contributed by atoms with Crippen molar-refractivity contribution in [2.24, 2.45) is 5.92 Å². The number of aliphatic hydroxyl groups is 1. The Kier molecular flexibility index (Phi) is 3.59. The van der Waals surface area contributed by atoms with Gasteiger partial charge >= 0.3 is 6.18 Å². The summed E-state index contributed by atoms with van der Waals surface area (Å²) in [6, 6.07) is 0. The summed E-state index contributed by atoms with van der Waals surface area (Å²) in [5.41, 5.74) is 0. The van der Waals surface area contributed by atoms with Gasteiger partial charge in [0.2, 0.25) is 5.91 Å². The number of amides is 1. The van der Waals surface area contributed by atoms with Crippen LogP contribution in [0.3, 0.4) is 0 Å². The molecule has 1 rings (SSSR count). The van der Waals surface area contributed by atoms with Crippen LogP contribution in [-0.2, 0) is 4.79 Å². The Morgan fingerprint density at radius 1 is 1.40 bits per heavy atom. The summed E-state index contributed by atoms with van der Waals surface area (Å²) in [5.74, 6) is -0.907. The van der Waals surface area contributed by atoms with Crippen molar-refractivity contribution in [3.05, 3.63) is 0 Å². The number of hydrogen-bond donors (Lipinski definition) is 1. The summed E-state index contributed by atoms with van der Waals surface area (Å²) < 4.78 is 36.5. The third-order valence-corrected chi connectivity index (χ3v) is 2.77. The highest BCUT2D eigenvalue weighted by Gasteiger charge is 2.44. The Morgan fingerprint density at radius 3 is 2.20 bits per heavy atom. The van der Waals surface area contributed by atoms with E-state index in [1.165, 1.54) is 11.8 Å². The lowest BCUT2D eigenvalue weighted by atomic mass is 9.91. The van der Waals surface area contributed by atoms with Crippen molar-refractivity contribution in [3.63, 3.8) is 0 Å². The molecule has 0 aliphatic carbocycles. The molecule has 1 amide bonds. The van der Waals surface area contributed by atoms with E-state index in [1.54, 1.807) is 0 Å². The zero-order valence-corrected chi connectivity index (χ0v) is 8.42. The number of halogens is 3. The number of carbonyl (C=O) groups excluding carboxylic acids is 1. The van der Waals surface area contributed by atoms with Crippen LogP contribution in [-0.4, -0.2) is 41.3 Å². The molecular formula is C9H14F3NO2. The Hall–Kier alpha value is -0.780. The fourth-order valence-corrected chi connectivity index (χ4v) is 1.80. The molecule has 1 unspecified atom stereocenters. The SMILES string of the molecule is CC(=O)N1CCC(C(O)C(F)(F)F)CC1. The van der Waals surface area contributed by atoms with E-state index in [0.29, 0.717) is 13.1 Å². The normalized spacial score (nSPS) is 21.5. The molecule has 1 aliphatic rings. The summed E-state index contributed by atoms with van der Waals surface area (Å²) in [4.78, 5) is 12.4. The monoisotopic (exact) mass is 225 g/mol. The van der Waals surface area contributed by atoms with Gasteiger partial charge in [0.1, 0.15) is 0 Å². The zero-order valence-electron chi connectivity index (χ0n) is 8.42. The standard InChI is InChI=1S/C9H14F3NO2/c1-6(14)13-4-2-7(3-5-13)8(15)9(10,11)12/h7-8,15H,2-5H2,1H3. The van der Waals surface area contributed by atoms with E-state index in [1.807, 2.05) is 0 Å². The van der Waals surface area contributed by atoms with Gasteiger partial charge in [-0.2, -0.15) is 13.2 Å². The number of hydrogen-bond acceptors (Lipinski definition) is 2. The highest BCUT2D eigenvalue weighted by Crippen LogP contribution is 2.31. The first-order valence-corrected chi connectivity index (χ1v) is 4.82. The second-order valence-electron chi connectivity index (χ2n) is 3.83. The predicted molar refractivity (Wildman–Crippen MR) is 47.0 cm³/mol. The van der Waals surface area contributed by atoms with Gasteiger partial charge in [-0.15, -0.1) is 0 Å². The van der Waals surface area contributed by atoms with Crippen molar-refractivity contribution in [1.82, 2.24) is 4.90 Å². The second-order valence-corrected chi connectivity index (χ2v) is 3.83. The maximum atomic E-state index is 12.2. The number of alkyl halides is 3. The highest BCUT2D eigenvalue weighted by atomic mass is 19.4. The largest absolute Gasteiger partial charge is 0.414 e. The third kappa shape index (κ3) is 3.09. The lowest BCUT2D eigenvalue weighted by molar-refractivity contribution is -0.222. The molecule has 1 aliphatic heterocycles. The molecule has 0 spiro atoms. The van der Waals surface area contributed by atoms with Crippen LogP contribution in [0.1, 0.15) is 19.8 Å². The van der Waals surface area contributed by atoms with Gasteiger partial charge in [0.25, 0.3) is 0 Å². The lowest BCUT2D eigenvalue weighted by Crippen LogP contribution is -2.44. The van der Waals surface area contributed by atoms with Crippen molar-refractivity contribution in [2.45, 2.75) is 32.0 Å². The average Bonchev–Trinajstić information content (AvgIpc) is 2.15. The predicted octanol–water partition coefficient (Wildman–Crippen LogP) is 1.17. The summed E-state index contributed by atoms with van der Waals surface area (Å²) in [5, 5.41) is 9.01. The van der Waals surface area contributed by atoms with Gasteiger partial charge in [0, 0.05) is 20.0 Å². The van der Waals surface area contributed by atoms with E-state index >= 15 is 0 Å². The Balaban J connectivity index is 2.47. The summed E-state index contributed by atoms with van der Waals surface area (Å²) in [7, 11) is 0. The molecule has 1 atom stereocenters. The number of piperidine rings is 1. The van der Waals surface area contributed by atoms with Gasteiger partial charge in [-0.25, -0.2) is 0 Å². The fraction of sp³-hybridized carbons (Fsp3) is 0.889. The number of nitrogens with zero attached hydrogens (tertiary/aromatic N) is 1. The number of carbonyl (C=O) groups is 1. The van der Waals surface area contributed by atoms with Crippen LogP contribution in [0.15, 0.2) is 0 Å². The molecule has 1 saturated heterocycles. The van der Waals surface area contributed by atoms with Crippen LogP contribution in [0.25, 0.3) is 0 Å². The quantitative estimate of drug-likeness (QED) is 0.727. The summed E-state index contributed by atoms with van der Waals surface area (Å²) in [6.07, 6.45) is -6.39. The molecule has 0 radical (unpaired) electrons. The van der Waals surface area contributed by atoms with Crippen molar-refractivity contribution >= 4 is 5.91 Å². The maximum Gasteiger partial charge on any atom is 0.414 e. The van der Waals surface area contributed by atoms with Crippen LogP contribution in [0, 0.1) is 5.92 Å². The molecule has 6 heteroatoms. The Morgan fingerprint density at radius 2 is 1.87 bits per heavy atom. The molecule has 1 fully saturated rings. The van der Waals surface area contributed by atoms with Crippen molar-refractivity contribution in [3.8, 4) is 0 Å². The van der Waals surface area contributed by atoms with E-state index < -0.39 is 18.2 Å². The van der Waals surface area contributed by atoms with Gasteiger partial charge < -0.3 is 10.0 Å². The molecule has 1 N–H and O–H groups in total. The van der Waals surface area contributed by atoms with Crippen LogP contribution < -0.4 is 0 Å². The summed E-state index contributed by atoms with van der Waals surface area (Å²) >= 11 is 0. The third-order valence-electron chi connectivity index (χ3n) is 2.77. The minimum atomic E-state index is -4.55. The minimum absolute atomic E-state index is 0.130. The van der Waals surface area contributed by atoms with Gasteiger partial charge in [0.05, 0.1) is 0 Å². The van der Waals surface area contributed by atoms with Crippen molar-refractivity contribution in [1.29, 1.82) is 0 Å². The Bertz CT molecular complexity index is 234. The smallest absolute Gasteiger partial charge is 0.383 e. The molecule has 0 aromatic rings. The van der Waals surface area contributed by atoms with Crippen molar-refractivity contribution in [2.75, 3.05) is 13.1 Å². The molecule has 0 aromatic carbocycles. The fourth-order valence-electron chi connectivity index (χ4n) is 1.80. The van der Waals surface area contributed by atoms with Crippen LogP contribution >= 0.6 is 0 Å². The zero-order chi connectivity index (χ0) is 11.6. The molecule has 0 bridgehead atoms. The molecule has 0 aromatic heterocycles.